The third kappa shape index (κ3) is 3.65. The first-order valence-corrected chi connectivity index (χ1v) is 9.18. The molecule has 0 saturated carbocycles. The smallest absolute Gasteiger partial charge is 0.255 e. The molecule has 0 fully saturated rings. The van der Waals surface area contributed by atoms with Crippen LogP contribution in [-0.2, 0) is 0 Å². The van der Waals surface area contributed by atoms with Crippen LogP contribution in [-0.4, -0.2) is 30.1 Å². The topological polar surface area (TPSA) is 76.2 Å². The zero-order chi connectivity index (χ0) is 20.4. The maximum Gasteiger partial charge on any atom is 0.255 e. The van der Waals surface area contributed by atoms with Gasteiger partial charge in [-0.05, 0) is 30.7 Å². The molecule has 0 saturated heterocycles. The van der Waals surface area contributed by atoms with E-state index in [2.05, 4.69) is 15.3 Å². The number of nitrogens with zero attached hydrogens (tertiary/aromatic N) is 1. The maximum atomic E-state index is 12.5. The third-order valence-corrected chi connectivity index (χ3v) is 4.78. The van der Waals surface area contributed by atoms with Crippen LogP contribution in [0.3, 0.4) is 0 Å². The van der Waals surface area contributed by atoms with Crippen molar-refractivity contribution in [3.63, 3.8) is 0 Å². The van der Waals surface area contributed by atoms with Crippen molar-refractivity contribution in [1.29, 1.82) is 0 Å². The number of methoxy groups -OCH3 is 2. The normalized spacial score (nSPS) is 10.7. The first-order chi connectivity index (χ1) is 14.1. The molecule has 0 aliphatic heterocycles. The SMILES string of the molecule is COc1cc2nc(-c3ccc(C)c(NC(=O)c4ccccc4)c3)[nH]c2cc1OC. The van der Waals surface area contributed by atoms with E-state index in [0.29, 0.717) is 22.9 Å². The van der Waals surface area contributed by atoms with Gasteiger partial charge in [-0.25, -0.2) is 4.98 Å². The number of imidazole rings is 1. The van der Waals surface area contributed by atoms with E-state index in [9.17, 15) is 4.79 Å². The Bertz CT molecular complexity index is 1140. The molecule has 2 N–H and O–H groups in total. The summed E-state index contributed by atoms with van der Waals surface area (Å²) in [6.45, 7) is 1.96. The zero-order valence-corrected chi connectivity index (χ0v) is 16.4. The van der Waals surface area contributed by atoms with Crippen LogP contribution < -0.4 is 14.8 Å². The third-order valence-electron chi connectivity index (χ3n) is 4.78. The van der Waals surface area contributed by atoms with Crippen molar-refractivity contribution in [3.05, 3.63) is 71.8 Å². The van der Waals surface area contributed by atoms with Gasteiger partial charge in [0.25, 0.3) is 5.91 Å². The minimum Gasteiger partial charge on any atom is -0.493 e. The van der Waals surface area contributed by atoms with Gasteiger partial charge >= 0.3 is 0 Å². The van der Waals surface area contributed by atoms with Crippen LogP contribution in [0.25, 0.3) is 22.4 Å². The van der Waals surface area contributed by atoms with E-state index in [1.54, 1.807) is 26.4 Å². The summed E-state index contributed by atoms with van der Waals surface area (Å²) < 4.78 is 10.7. The average Bonchev–Trinajstić information content (AvgIpc) is 3.17. The van der Waals surface area contributed by atoms with E-state index in [4.69, 9.17) is 9.47 Å². The van der Waals surface area contributed by atoms with Crippen LogP contribution in [0.2, 0.25) is 0 Å². The molecule has 29 heavy (non-hydrogen) atoms. The lowest BCUT2D eigenvalue weighted by Crippen LogP contribution is -2.12. The van der Waals surface area contributed by atoms with Gasteiger partial charge in [0.2, 0.25) is 0 Å². The second-order valence-electron chi connectivity index (χ2n) is 6.66. The van der Waals surface area contributed by atoms with Gasteiger partial charge in [0, 0.05) is 28.9 Å². The maximum absolute atomic E-state index is 12.5. The molecule has 6 heteroatoms. The van der Waals surface area contributed by atoms with Crippen molar-refractivity contribution < 1.29 is 14.3 Å². The Labute approximate surface area is 168 Å². The van der Waals surface area contributed by atoms with Gasteiger partial charge in [-0.15, -0.1) is 0 Å². The number of aromatic nitrogens is 2. The highest BCUT2D eigenvalue weighted by Gasteiger charge is 2.13. The number of aryl methyl sites for hydroxylation is 1. The Hall–Kier alpha value is -3.80. The molecule has 1 aromatic heterocycles. The quantitative estimate of drug-likeness (QED) is 0.515. The fourth-order valence-corrected chi connectivity index (χ4v) is 3.16. The molecule has 146 valence electrons. The van der Waals surface area contributed by atoms with E-state index in [1.807, 2.05) is 55.5 Å². The van der Waals surface area contributed by atoms with Crippen LogP contribution in [0.15, 0.2) is 60.7 Å². The predicted molar refractivity (Wildman–Crippen MR) is 114 cm³/mol. The number of hydrogen-bond donors (Lipinski definition) is 2. The van der Waals surface area contributed by atoms with Crippen LogP contribution >= 0.6 is 0 Å². The monoisotopic (exact) mass is 387 g/mol. The number of nitrogens with one attached hydrogen (secondary N) is 2. The number of hydrogen-bond acceptors (Lipinski definition) is 4. The second-order valence-corrected chi connectivity index (χ2v) is 6.66. The zero-order valence-electron chi connectivity index (χ0n) is 16.4. The number of benzene rings is 3. The Morgan fingerprint density at radius 3 is 2.41 bits per heavy atom. The number of carbonyl (C=O) groups is 1. The van der Waals surface area contributed by atoms with Gasteiger partial charge in [-0.1, -0.05) is 30.3 Å². The van der Waals surface area contributed by atoms with Crippen LogP contribution in [0.4, 0.5) is 5.69 Å². The molecule has 1 amide bonds. The van der Waals surface area contributed by atoms with E-state index in [0.717, 1.165) is 27.8 Å². The summed E-state index contributed by atoms with van der Waals surface area (Å²) in [6, 6.07) is 18.7. The van der Waals surface area contributed by atoms with Crippen molar-refractivity contribution in [3.8, 4) is 22.9 Å². The van der Waals surface area contributed by atoms with Gasteiger partial charge in [0.05, 0.1) is 25.3 Å². The minimum atomic E-state index is -0.148. The molecule has 4 aromatic rings. The molecule has 0 spiro atoms. The highest BCUT2D eigenvalue weighted by molar-refractivity contribution is 6.04. The minimum absolute atomic E-state index is 0.148. The average molecular weight is 387 g/mol. The number of anilines is 1. The van der Waals surface area contributed by atoms with E-state index >= 15 is 0 Å². The highest BCUT2D eigenvalue weighted by atomic mass is 16.5. The largest absolute Gasteiger partial charge is 0.493 e. The Kier molecular flexibility index (Phi) is 4.91. The Morgan fingerprint density at radius 2 is 1.69 bits per heavy atom. The van der Waals surface area contributed by atoms with E-state index in [1.165, 1.54) is 0 Å². The lowest BCUT2D eigenvalue weighted by Gasteiger charge is -2.10. The number of fused-ring (bicyclic) bond motifs is 1. The highest BCUT2D eigenvalue weighted by Crippen LogP contribution is 2.33. The molecule has 0 bridgehead atoms. The summed E-state index contributed by atoms with van der Waals surface area (Å²) in [5.74, 6) is 1.81. The molecule has 6 nitrogen and oxygen atoms in total. The summed E-state index contributed by atoms with van der Waals surface area (Å²) in [4.78, 5) is 20.5. The van der Waals surface area contributed by atoms with Gasteiger partial charge in [-0.3, -0.25) is 4.79 Å². The summed E-state index contributed by atoms with van der Waals surface area (Å²) in [6.07, 6.45) is 0. The van der Waals surface area contributed by atoms with Crippen LogP contribution in [0, 0.1) is 6.92 Å². The molecule has 3 aromatic carbocycles. The van der Waals surface area contributed by atoms with Gasteiger partial charge in [0.1, 0.15) is 5.82 Å². The summed E-state index contributed by atoms with van der Waals surface area (Å²) in [5, 5.41) is 2.99. The van der Waals surface area contributed by atoms with Crippen molar-refractivity contribution in [1.82, 2.24) is 9.97 Å². The number of aromatic amines is 1. The number of carbonyl (C=O) groups excluding carboxylic acids is 1. The van der Waals surface area contributed by atoms with Crippen molar-refractivity contribution in [2.24, 2.45) is 0 Å². The lowest BCUT2D eigenvalue weighted by atomic mass is 10.1. The van der Waals surface area contributed by atoms with Crippen molar-refractivity contribution in [2.45, 2.75) is 6.92 Å². The molecular formula is C23H21N3O3. The molecule has 0 atom stereocenters. The van der Waals surface area contributed by atoms with Gasteiger partial charge < -0.3 is 19.8 Å². The molecule has 0 radical (unpaired) electrons. The van der Waals surface area contributed by atoms with E-state index in [-0.39, 0.29) is 5.91 Å². The fraction of sp³-hybridized carbons (Fsp3) is 0.130. The molecular weight excluding hydrogens is 366 g/mol. The Morgan fingerprint density at radius 1 is 0.966 bits per heavy atom. The molecule has 1 heterocycles. The molecule has 0 aliphatic carbocycles. The number of ether oxygens (including phenoxy) is 2. The fourth-order valence-electron chi connectivity index (χ4n) is 3.16. The second kappa shape index (κ2) is 7.67. The van der Waals surface area contributed by atoms with Crippen molar-refractivity contribution in [2.75, 3.05) is 19.5 Å². The Balaban J connectivity index is 1.69. The van der Waals surface area contributed by atoms with Crippen LogP contribution in [0.5, 0.6) is 11.5 Å². The number of amides is 1. The number of H-pyrrole nitrogens is 1. The van der Waals surface area contributed by atoms with Crippen LogP contribution in [0.1, 0.15) is 15.9 Å². The van der Waals surface area contributed by atoms with Crippen molar-refractivity contribution >= 4 is 22.6 Å². The first kappa shape index (κ1) is 18.6. The molecule has 4 rings (SSSR count). The van der Waals surface area contributed by atoms with Gasteiger partial charge in [-0.2, -0.15) is 0 Å². The summed E-state index contributed by atoms with van der Waals surface area (Å²) in [7, 11) is 3.20. The number of rotatable bonds is 5. The van der Waals surface area contributed by atoms with Gasteiger partial charge in [0.15, 0.2) is 11.5 Å². The summed E-state index contributed by atoms with van der Waals surface area (Å²) in [5.41, 5.74) is 4.80. The first-order valence-electron chi connectivity index (χ1n) is 9.18. The summed E-state index contributed by atoms with van der Waals surface area (Å²) >= 11 is 0. The van der Waals surface area contributed by atoms with E-state index < -0.39 is 0 Å². The predicted octanol–water partition coefficient (Wildman–Crippen LogP) is 4.81. The molecule has 0 unspecified atom stereocenters. The molecule has 0 aliphatic rings. The standard InChI is InChI=1S/C23H21N3O3/c1-14-9-10-16(11-17(14)26-23(27)15-7-5-4-6-8-15)22-24-18-12-20(28-2)21(29-3)13-19(18)25-22/h4-13H,1-3H3,(H,24,25)(H,26,27). The lowest BCUT2D eigenvalue weighted by molar-refractivity contribution is 0.102.